The summed E-state index contributed by atoms with van der Waals surface area (Å²) in [7, 11) is 0. The molecule has 0 unspecified atom stereocenters. The van der Waals surface area contributed by atoms with Gasteiger partial charge in [-0.25, -0.2) is 13.2 Å². The van der Waals surface area contributed by atoms with Gasteiger partial charge in [-0.2, -0.15) is 5.26 Å². The lowest BCUT2D eigenvalue weighted by Gasteiger charge is -2.36. The molecule has 4 nitrogen and oxygen atoms in total. The van der Waals surface area contributed by atoms with E-state index in [1.807, 2.05) is 6.07 Å². The molecule has 0 atom stereocenters. The van der Waals surface area contributed by atoms with Crippen LogP contribution in [0.5, 0.6) is 0 Å². The summed E-state index contributed by atoms with van der Waals surface area (Å²) >= 11 is 0. The Bertz CT molecular complexity index is 879. The molecular formula is C19H16F3N3O. The number of aryl methyl sites for hydroxylation is 1. The van der Waals surface area contributed by atoms with E-state index in [-0.39, 0.29) is 18.7 Å². The zero-order chi connectivity index (χ0) is 18.8. The van der Waals surface area contributed by atoms with Crippen LogP contribution in [-0.4, -0.2) is 37.0 Å². The van der Waals surface area contributed by atoms with Gasteiger partial charge in [0.1, 0.15) is 23.0 Å². The van der Waals surface area contributed by atoms with Gasteiger partial charge in [0.15, 0.2) is 0 Å². The van der Waals surface area contributed by atoms with Crippen LogP contribution < -0.4 is 4.90 Å². The van der Waals surface area contributed by atoms with Crippen LogP contribution in [0.25, 0.3) is 0 Å². The average Bonchev–Trinajstić information content (AvgIpc) is 2.63. The van der Waals surface area contributed by atoms with Crippen molar-refractivity contribution in [1.29, 1.82) is 5.26 Å². The molecule has 26 heavy (non-hydrogen) atoms. The molecule has 0 spiro atoms. The van der Waals surface area contributed by atoms with Crippen molar-refractivity contribution in [2.75, 3.05) is 31.1 Å². The van der Waals surface area contributed by atoms with Crippen LogP contribution >= 0.6 is 0 Å². The molecule has 1 heterocycles. The smallest absolute Gasteiger partial charge is 0.259 e. The van der Waals surface area contributed by atoms with Crippen LogP contribution in [-0.2, 0) is 0 Å². The topological polar surface area (TPSA) is 47.3 Å². The second kappa shape index (κ2) is 7.08. The fourth-order valence-electron chi connectivity index (χ4n) is 3.04. The van der Waals surface area contributed by atoms with E-state index in [9.17, 15) is 18.0 Å². The van der Waals surface area contributed by atoms with Gasteiger partial charge >= 0.3 is 0 Å². The normalized spacial score (nSPS) is 14.3. The minimum absolute atomic E-state index is 0.213. The third kappa shape index (κ3) is 3.23. The first-order chi connectivity index (χ1) is 12.4. The summed E-state index contributed by atoms with van der Waals surface area (Å²) in [6, 6.07) is 8.02. The molecule has 1 aliphatic heterocycles. The highest BCUT2D eigenvalue weighted by atomic mass is 19.1. The maximum absolute atomic E-state index is 14.3. The molecule has 0 saturated carbocycles. The highest BCUT2D eigenvalue weighted by Gasteiger charge is 2.27. The van der Waals surface area contributed by atoms with Crippen molar-refractivity contribution in [3.63, 3.8) is 0 Å². The Kier molecular flexibility index (Phi) is 4.85. The molecule has 7 heteroatoms. The zero-order valence-electron chi connectivity index (χ0n) is 14.1. The molecule has 2 aromatic carbocycles. The molecular weight excluding hydrogens is 343 g/mol. The number of nitrogens with zero attached hydrogens (tertiary/aromatic N) is 3. The summed E-state index contributed by atoms with van der Waals surface area (Å²) in [5.41, 5.74) is 0.720. The summed E-state index contributed by atoms with van der Waals surface area (Å²) in [6.07, 6.45) is 0. The summed E-state index contributed by atoms with van der Waals surface area (Å²) in [5.74, 6) is -3.01. The number of anilines is 1. The van der Waals surface area contributed by atoms with Gasteiger partial charge in [-0.05, 0) is 36.8 Å². The molecule has 0 bridgehead atoms. The Labute approximate surface area is 149 Å². The molecule has 0 aromatic heterocycles. The Morgan fingerprint density at radius 2 is 1.65 bits per heavy atom. The molecule has 0 radical (unpaired) electrons. The second-order valence-corrected chi connectivity index (χ2v) is 6.11. The highest BCUT2D eigenvalue weighted by Crippen LogP contribution is 2.25. The summed E-state index contributed by atoms with van der Waals surface area (Å²) < 4.78 is 41.8. The summed E-state index contributed by atoms with van der Waals surface area (Å²) in [4.78, 5) is 15.5. The van der Waals surface area contributed by atoms with Crippen molar-refractivity contribution in [2.45, 2.75) is 6.92 Å². The number of benzene rings is 2. The van der Waals surface area contributed by atoms with Crippen LogP contribution in [0.3, 0.4) is 0 Å². The first-order valence-electron chi connectivity index (χ1n) is 8.11. The zero-order valence-corrected chi connectivity index (χ0v) is 14.1. The minimum atomic E-state index is -0.897. The number of halogens is 3. The summed E-state index contributed by atoms with van der Waals surface area (Å²) in [5, 5.41) is 8.96. The minimum Gasteiger partial charge on any atom is -0.366 e. The predicted molar refractivity (Wildman–Crippen MR) is 90.3 cm³/mol. The fraction of sp³-hybridized carbons (Fsp3) is 0.263. The van der Waals surface area contributed by atoms with Crippen molar-refractivity contribution in [2.24, 2.45) is 0 Å². The number of carbonyl (C=O) groups excluding carboxylic acids is 1. The van der Waals surface area contributed by atoms with Crippen LogP contribution in [0.1, 0.15) is 21.5 Å². The van der Waals surface area contributed by atoms with E-state index in [1.165, 1.54) is 17.0 Å². The van der Waals surface area contributed by atoms with Gasteiger partial charge in [0, 0.05) is 26.2 Å². The maximum Gasteiger partial charge on any atom is 0.259 e. The monoisotopic (exact) mass is 359 g/mol. The van der Waals surface area contributed by atoms with Gasteiger partial charge in [-0.1, -0.05) is 6.07 Å². The van der Waals surface area contributed by atoms with Gasteiger partial charge in [0.05, 0.1) is 17.3 Å². The Hall–Kier alpha value is -3.01. The molecule has 1 saturated heterocycles. The molecule has 3 rings (SSSR count). The van der Waals surface area contributed by atoms with Gasteiger partial charge in [0.2, 0.25) is 0 Å². The highest BCUT2D eigenvalue weighted by molar-refractivity contribution is 5.95. The lowest BCUT2D eigenvalue weighted by Crippen LogP contribution is -2.49. The first kappa shape index (κ1) is 17.8. The second-order valence-electron chi connectivity index (χ2n) is 6.11. The number of piperazine rings is 1. The third-order valence-electron chi connectivity index (χ3n) is 4.50. The predicted octanol–water partition coefficient (Wildman–Crippen LogP) is 3.25. The largest absolute Gasteiger partial charge is 0.366 e. The van der Waals surface area contributed by atoms with Crippen LogP contribution in [0, 0.1) is 35.7 Å². The van der Waals surface area contributed by atoms with Gasteiger partial charge in [-0.3, -0.25) is 4.79 Å². The summed E-state index contributed by atoms with van der Waals surface area (Å²) in [6.45, 7) is 2.80. The van der Waals surface area contributed by atoms with Crippen molar-refractivity contribution < 1.29 is 18.0 Å². The lowest BCUT2D eigenvalue weighted by atomic mass is 10.1. The van der Waals surface area contributed by atoms with E-state index in [0.29, 0.717) is 24.3 Å². The van der Waals surface area contributed by atoms with E-state index in [4.69, 9.17) is 5.26 Å². The lowest BCUT2D eigenvalue weighted by molar-refractivity contribution is 0.0737. The van der Waals surface area contributed by atoms with E-state index < -0.39 is 28.9 Å². The van der Waals surface area contributed by atoms with Crippen LogP contribution in [0.15, 0.2) is 30.3 Å². The Balaban J connectivity index is 1.75. The third-order valence-corrected chi connectivity index (χ3v) is 4.50. The first-order valence-corrected chi connectivity index (χ1v) is 8.11. The van der Waals surface area contributed by atoms with Gasteiger partial charge < -0.3 is 9.80 Å². The number of carbonyl (C=O) groups is 1. The van der Waals surface area contributed by atoms with Gasteiger partial charge in [-0.15, -0.1) is 0 Å². The molecule has 0 aliphatic carbocycles. The Morgan fingerprint density at radius 1 is 1.04 bits per heavy atom. The van der Waals surface area contributed by atoms with Crippen molar-refractivity contribution >= 4 is 11.6 Å². The molecule has 134 valence electrons. The molecule has 2 aromatic rings. The average molecular weight is 359 g/mol. The van der Waals surface area contributed by atoms with E-state index >= 15 is 0 Å². The molecule has 1 fully saturated rings. The van der Waals surface area contributed by atoms with Crippen molar-refractivity contribution in [3.8, 4) is 6.07 Å². The number of nitriles is 1. The van der Waals surface area contributed by atoms with E-state index in [0.717, 1.165) is 12.1 Å². The standard InChI is InChI=1S/C19H16F3N3O/c1-12-9-17(16(22)10-13(12)11-23)24-5-7-25(8-6-24)19(26)18-14(20)3-2-4-15(18)21/h2-4,9-10H,5-8H2,1H3. The Morgan fingerprint density at radius 3 is 2.23 bits per heavy atom. The van der Waals surface area contributed by atoms with E-state index in [1.54, 1.807) is 17.9 Å². The fourth-order valence-corrected chi connectivity index (χ4v) is 3.04. The maximum atomic E-state index is 14.3. The quantitative estimate of drug-likeness (QED) is 0.827. The number of rotatable bonds is 2. The van der Waals surface area contributed by atoms with Crippen LogP contribution in [0.4, 0.5) is 18.9 Å². The SMILES string of the molecule is Cc1cc(N2CCN(C(=O)c3c(F)cccc3F)CC2)c(F)cc1C#N. The molecule has 1 aliphatic rings. The number of hydrogen-bond donors (Lipinski definition) is 0. The number of amides is 1. The van der Waals surface area contributed by atoms with E-state index in [2.05, 4.69) is 0 Å². The number of hydrogen-bond acceptors (Lipinski definition) is 3. The van der Waals surface area contributed by atoms with Crippen LogP contribution in [0.2, 0.25) is 0 Å². The van der Waals surface area contributed by atoms with Crippen molar-refractivity contribution in [1.82, 2.24) is 4.90 Å². The molecule has 1 amide bonds. The van der Waals surface area contributed by atoms with Gasteiger partial charge in [0.25, 0.3) is 5.91 Å². The molecule has 0 N–H and O–H groups in total. The van der Waals surface area contributed by atoms with Crippen molar-refractivity contribution in [3.05, 3.63) is 64.5 Å².